The molecular weight excluding hydrogens is 500 g/mol. The van der Waals surface area contributed by atoms with Gasteiger partial charge in [-0.2, -0.15) is 8.78 Å². The van der Waals surface area contributed by atoms with Gasteiger partial charge in [-0.1, -0.05) is 78.9 Å². The Balaban J connectivity index is 1.20. The maximum absolute atomic E-state index is 14.3. The van der Waals surface area contributed by atoms with E-state index in [4.69, 9.17) is 9.47 Å². The van der Waals surface area contributed by atoms with Gasteiger partial charge in [-0.05, 0) is 53.9 Å². The van der Waals surface area contributed by atoms with Gasteiger partial charge in [-0.15, -0.1) is 0 Å². The van der Waals surface area contributed by atoms with E-state index >= 15 is 0 Å². The van der Waals surface area contributed by atoms with Gasteiger partial charge in [0.1, 0.15) is 18.1 Å². The molecule has 0 saturated carbocycles. The van der Waals surface area contributed by atoms with Crippen molar-refractivity contribution in [3.8, 4) is 11.5 Å². The smallest absolute Gasteiger partial charge is 0.306 e. The zero-order valence-electron chi connectivity index (χ0n) is 21.6. The normalized spacial score (nSPS) is 12.2. The minimum Gasteiger partial charge on any atom is -0.489 e. The zero-order valence-corrected chi connectivity index (χ0v) is 21.6. The highest BCUT2D eigenvalue weighted by Crippen LogP contribution is 2.29. The lowest BCUT2D eigenvalue weighted by molar-refractivity contribution is -0.0467. The zero-order chi connectivity index (χ0) is 27.5. The van der Waals surface area contributed by atoms with Crippen LogP contribution in [0.5, 0.6) is 11.5 Å². The molecule has 0 radical (unpaired) electrons. The van der Waals surface area contributed by atoms with Crippen molar-refractivity contribution in [3.05, 3.63) is 131 Å². The fourth-order valence-electron chi connectivity index (χ4n) is 4.09. The van der Waals surface area contributed by atoms with Crippen LogP contribution in [0.3, 0.4) is 0 Å². The Bertz CT molecular complexity index is 1280. The summed E-state index contributed by atoms with van der Waals surface area (Å²) >= 11 is 0. The molecule has 0 fully saturated rings. The minimum atomic E-state index is -3.07. The second-order valence-corrected chi connectivity index (χ2v) is 9.27. The Morgan fingerprint density at radius 2 is 1.49 bits per heavy atom. The molecule has 204 valence electrons. The molecule has 0 heterocycles. The molecule has 5 nitrogen and oxygen atoms in total. The van der Waals surface area contributed by atoms with E-state index in [0.29, 0.717) is 48.7 Å². The first-order valence-electron chi connectivity index (χ1n) is 12.9. The van der Waals surface area contributed by atoms with Crippen LogP contribution < -0.4 is 14.8 Å². The molecule has 4 aromatic carbocycles. The predicted molar refractivity (Wildman–Crippen MR) is 147 cm³/mol. The van der Waals surface area contributed by atoms with Gasteiger partial charge in [0, 0.05) is 17.7 Å². The third kappa shape index (κ3) is 8.35. The summed E-state index contributed by atoms with van der Waals surface area (Å²) in [6.45, 7) is 0.430. The number of alkyl halides is 2. The summed E-state index contributed by atoms with van der Waals surface area (Å²) in [4.78, 5) is 0. The molecule has 0 bridgehead atoms. The van der Waals surface area contributed by atoms with E-state index in [2.05, 4.69) is 5.32 Å². The van der Waals surface area contributed by atoms with Gasteiger partial charge >= 0.3 is 5.92 Å². The topological polar surface area (TPSA) is 71.0 Å². The van der Waals surface area contributed by atoms with Gasteiger partial charge in [0.05, 0.1) is 12.7 Å². The lowest BCUT2D eigenvalue weighted by atomic mass is 10.0. The fraction of sp³-hybridized carbons (Fsp3) is 0.250. The highest BCUT2D eigenvalue weighted by atomic mass is 19.3. The Morgan fingerprint density at radius 3 is 2.18 bits per heavy atom. The molecule has 0 aromatic heterocycles. The van der Waals surface area contributed by atoms with E-state index in [1.54, 1.807) is 48.5 Å². The highest BCUT2D eigenvalue weighted by Gasteiger charge is 2.32. The van der Waals surface area contributed by atoms with Crippen molar-refractivity contribution in [2.75, 3.05) is 19.7 Å². The first kappa shape index (κ1) is 28.2. The van der Waals surface area contributed by atoms with E-state index in [1.165, 1.54) is 12.1 Å². The lowest BCUT2D eigenvalue weighted by Crippen LogP contribution is -2.24. The van der Waals surface area contributed by atoms with Crippen molar-refractivity contribution in [2.45, 2.75) is 31.7 Å². The van der Waals surface area contributed by atoms with E-state index in [-0.39, 0.29) is 12.2 Å². The van der Waals surface area contributed by atoms with E-state index < -0.39 is 18.6 Å². The minimum absolute atomic E-state index is 0.0743. The number of aliphatic hydroxyl groups is 2. The number of hydrogen-bond acceptors (Lipinski definition) is 5. The van der Waals surface area contributed by atoms with Crippen molar-refractivity contribution < 1.29 is 28.5 Å². The summed E-state index contributed by atoms with van der Waals surface area (Å²) in [7, 11) is 0. The Labute approximate surface area is 227 Å². The molecule has 39 heavy (non-hydrogen) atoms. The van der Waals surface area contributed by atoms with Gasteiger partial charge in [0.25, 0.3) is 0 Å². The molecule has 0 aliphatic heterocycles. The molecule has 0 aliphatic rings. The van der Waals surface area contributed by atoms with Crippen LogP contribution in [0.1, 0.15) is 33.9 Å². The number of benzene rings is 4. The van der Waals surface area contributed by atoms with Crippen LogP contribution in [0.4, 0.5) is 8.78 Å². The van der Waals surface area contributed by atoms with Gasteiger partial charge < -0.3 is 25.0 Å². The van der Waals surface area contributed by atoms with Crippen LogP contribution in [-0.4, -0.2) is 29.9 Å². The monoisotopic (exact) mass is 533 g/mol. The SMILES string of the molecule is OCc1cc([C@@H](O)CNCCc2ccc(OCC(F)(F)c3ccccc3)cc2)ccc1OCc1ccccc1. The summed E-state index contributed by atoms with van der Waals surface area (Å²) in [5, 5.41) is 23.6. The molecule has 0 unspecified atom stereocenters. The van der Waals surface area contributed by atoms with Crippen LogP contribution >= 0.6 is 0 Å². The molecule has 0 spiro atoms. The molecule has 0 amide bonds. The maximum Gasteiger partial charge on any atom is 0.306 e. The number of rotatable bonds is 14. The summed E-state index contributed by atoms with van der Waals surface area (Å²) in [5.41, 5.74) is 3.27. The molecule has 1 atom stereocenters. The Hall–Kier alpha value is -3.78. The molecule has 4 aromatic rings. The van der Waals surface area contributed by atoms with Gasteiger partial charge in [-0.3, -0.25) is 0 Å². The second-order valence-electron chi connectivity index (χ2n) is 9.27. The first-order valence-corrected chi connectivity index (χ1v) is 12.9. The van der Waals surface area contributed by atoms with Gasteiger partial charge in [0.15, 0.2) is 6.61 Å². The quantitative estimate of drug-likeness (QED) is 0.179. The number of aliphatic hydroxyl groups excluding tert-OH is 2. The number of hydrogen-bond donors (Lipinski definition) is 3. The Morgan fingerprint density at radius 1 is 0.795 bits per heavy atom. The van der Waals surface area contributed by atoms with Crippen molar-refractivity contribution in [1.82, 2.24) is 5.32 Å². The van der Waals surface area contributed by atoms with Gasteiger partial charge in [-0.25, -0.2) is 0 Å². The molecule has 0 aliphatic carbocycles. The molecule has 3 N–H and O–H groups in total. The van der Waals surface area contributed by atoms with E-state index in [1.807, 2.05) is 42.5 Å². The summed E-state index contributed by atoms with van der Waals surface area (Å²) in [5.74, 6) is -2.10. The van der Waals surface area contributed by atoms with E-state index in [0.717, 1.165) is 11.1 Å². The average molecular weight is 534 g/mol. The third-order valence-corrected chi connectivity index (χ3v) is 6.34. The van der Waals surface area contributed by atoms with E-state index in [9.17, 15) is 19.0 Å². The third-order valence-electron chi connectivity index (χ3n) is 6.34. The van der Waals surface area contributed by atoms with Crippen LogP contribution in [0.2, 0.25) is 0 Å². The number of ether oxygens (including phenoxy) is 2. The molecule has 4 rings (SSSR count). The molecular formula is C32H33F2NO4. The van der Waals surface area contributed by atoms with Crippen LogP contribution in [-0.2, 0) is 25.6 Å². The largest absolute Gasteiger partial charge is 0.489 e. The van der Waals surface area contributed by atoms with Crippen LogP contribution in [0.15, 0.2) is 103 Å². The second kappa shape index (κ2) is 13.8. The van der Waals surface area contributed by atoms with Crippen LogP contribution in [0.25, 0.3) is 0 Å². The predicted octanol–water partition coefficient (Wildman–Crippen LogP) is 5.79. The highest BCUT2D eigenvalue weighted by molar-refractivity contribution is 5.38. The number of halogens is 2. The lowest BCUT2D eigenvalue weighted by Gasteiger charge is -2.17. The molecule has 0 saturated heterocycles. The summed E-state index contributed by atoms with van der Waals surface area (Å²) in [6, 6.07) is 29.8. The van der Waals surface area contributed by atoms with Crippen molar-refractivity contribution >= 4 is 0 Å². The Kier molecular flexibility index (Phi) is 10.0. The fourth-order valence-corrected chi connectivity index (χ4v) is 4.09. The van der Waals surface area contributed by atoms with Crippen molar-refractivity contribution in [3.63, 3.8) is 0 Å². The van der Waals surface area contributed by atoms with Crippen LogP contribution in [0, 0.1) is 0 Å². The first-order chi connectivity index (χ1) is 18.9. The average Bonchev–Trinajstić information content (AvgIpc) is 2.98. The number of nitrogens with one attached hydrogen (secondary N) is 1. The summed E-state index contributed by atoms with van der Waals surface area (Å²) < 4.78 is 39.8. The van der Waals surface area contributed by atoms with Gasteiger partial charge in [0.2, 0.25) is 0 Å². The molecule has 7 heteroatoms. The standard InChI is InChI=1S/C32H33F2NO4/c33-32(34,28-9-5-2-6-10-28)23-39-29-14-11-24(12-15-29)17-18-35-20-30(37)26-13-16-31(27(19-26)21-36)38-22-25-7-3-1-4-8-25/h1-16,19,30,35-37H,17-18,20-23H2/t30-/m0/s1. The van der Waals surface area contributed by atoms with Crippen molar-refractivity contribution in [2.24, 2.45) is 0 Å². The van der Waals surface area contributed by atoms with Crippen molar-refractivity contribution in [1.29, 1.82) is 0 Å². The summed E-state index contributed by atoms with van der Waals surface area (Å²) in [6.07, 6.45) is -0.0537. The maximum atomic E-state index is 14.3.